The minimum atomic E-state index is -0.0565. The van der Waals surface area contributed by atoms with Crippen LogP contribution in [-0.4, -0.2) is 29.8 Å². The summed E-state index contributed by atoms with van der Waals surface area (Å²) in [4.78, 5) is 25.3. The number of Topliss-reactive ketones (excluding diaryl/α,β-unsaturated/α-hetero) is 1. The Morgan fingerprint density at radius 3 is 2.15 bits per heavy atom. The summed E-state index contributed by atoms with van der Waals surface area (Å²) in [5.41, 5.74) is 1.38. The summed E-state index contributed by atoms with van der Waals surface area (Å²) in [6.07, 6.45) is 1.18. The number of rotatable bonds is 2. The molecule has 1 aromatic rings. The molecule has 1 saturated heterocycles. The SMILES string of the molecule is CC(=O)c1ccc(NC(=O)N2CC(C)CC(C)C2)cc1. The van der Waals surface area contributed by atoms with Gasteiger partial charge in [-0.05, 0) is 49.4 Å². The first kappa shape index (κ1) is 14.6. The smallest absolute Gasteiger partial charge is 0.321 e. The third-order valence-electron chi connectivity index (χ3n) is 3.70. The molecule has 4 heteroatoms. The van der Waals surface area contributed by atoms with E-state index in [-0.39, 0.29) is 11.8 Å². The second-order valence-electron chi connectivity index (χ2n) is 5.91. The minimum Gasteiger partial charge on any atom is -0.324 e. The van der Waals surface area contributed by atoms with E-state index in [0.717, 1.165) is 18.8 Å². The number of hydrogen-bond acceptors (Lipinski definition) is 2. The highest BCUT2D eigenvalue weighted by atomic mass is 16.2. The predicted octanol–water partition coefficient (Wildman–Crippen LogP) is 3.40. The average molecular weight is 274 g/mol. The van der Waals surface area contributed by atoms with E-state index in [1.807, 2.05) is 4.90 Å². The highest BCUT2D eigenvalue weighted by molar-refractivity contribution is 5.95. The molecule has 0 bridgehead atoms. The summed E-state index contributed by atoms with van der Waals surface area (Å²) in [5, 5.41) is 2.89. The summed E-state index contributed by atoms with van der Waals surface area (Å²) < 4.78 is 0. The van der Waals surface area contributed by atoms with E-state index in [4.69, 9.17) is 0 Å². The molecular formula is C16H22N2O2. The van der Waals surface area contributed by atoms with E-state index in [2.05, 4.69) is 19.2 Å². The molecule has 2 rings (SSSR count). The van der Waals surface area contributed by atoms with Crippen LogP contribution in [0.25, 0.3) is 0 Å². The fourth-order valence-corrected chi connectivity index (χ4v) is 2.82. The Kier molecular flexibility index (Phi) is 4.42. The molecule has 1 aliphatic heterocycles. The van der Waals surface area contributed by atoms with Crippen LogP contribution in [0.4, 0.5) is 10.5 Å². The molecule has 4 nitrogen and oxygen atoms in total. The maximum absolute atomic E-state index is 12.2. The van der Waals surface area contributed by atoms with E-state index in [9.17, 15) is 9.59 Å². The molecule has 1 aliphatic rings. The number of carbonyl (C=O) groups is 2. The first-order valence-electron chi connectivity index (χ1n) is 7.12. The Hall–Kier alpha value is -1.84. The lowest BCUT2D eigenvalue weighted by Gasteiger charge is -2.34. The van der Waals surface area contributed by atoms with E-state index in [0.29, 0.717) is 17.4 Å². The van der Waals surface area contributed by atoms with Crippen molar-refractivity contribution in [2.24, 2.45) is 11.8 Å². The number of hydrogen-bond donors (Lipinski definition) is 1. The number of benzene rings is 1. The fraction of sp³-hybridized carbons (Fsp3) is 0.500. The maximum Gasteiger partial charge on any atom is 0.321 e. The molecule has 1 heterocycles. The van der Waals surface area contributed by atoms with Crippen LogP contribution in [0.1, 0.15) is 37.6 Å². The van der Waals surface area contributed by atoms with E-state index in [1.165, 1.54) is 13.3 Å². The van der Waals surface area contributed by atoms with Gasteiger partial charge in [0.2, 0.25) is 0 Å². The number of carbonyl (C=O) groups excluding carboxylic acids is 2. The normalized spacial score (nSPS) is 22.4. The van der Waals surface area contributed by atoms with Crippen molar-refractivity contribution >= 4 is 17.5 Å². The highest BCUT2D eigenvalue weighted by Gasteiger charge is 2.25. The summed E-state index contributed by atoms with van der Waals surface area (Å²) >= 11 is 0. The van der Waals surface area contributed by atoms with Crippen molar-refractivity contribution in [1.82, 2.24) is 4.90 Å². The molecule has 0 radical (unpaired) electrons. The van der Waals surface area contributed by atoms with Crippen LogP contribution in [0.3, 0.4) is 0 Å². The van der Waals surface area contributed by atoms with Gasteiger partial charge in [-0.15, -0.1) is 0 Å². The second kappa shape index (κ2) is 6.07. The molecule has 0 saturated carbocycles. The third kappa shape index (κ3) is 3.59. The molecule has 2 atom stereocenters. The van der Waals surface area contributed by atoms with Crippen molar-refractivity contribution in [2.75, 3.05) is 18.4 Å². The van der Waals surface area contributed by atoms with Crippen LogP contribution in [0.5, 0.6) is 0 Å². The second-order valence-corrected chi connectivity index (χ2v) is 5.91. The maximum atomic E-state index is 12.2. The third-order valence-corrected chi connectivity index (χ3v) is 3.70. The number of piperidine rings is 1. The molecule has 108 valence electrons. The Labute approximate surface area is 120 Å². The van der Waals surface area contributed by atoms with Gasteiger partial charge < -0.3 is 10.2 Å². The Balaban J connectivity index is 1.98. The lowest BCUT2D eigenvalue weighted by atomic mass is 9.92. The molecule has 0 aliphatic carbocycles. The van der Waals surface area contributed by atoms with Crippen molar-refractivity contribution in [3.8, 4) is 0 Å². The molecule has 1 fully saturated rings. The van der Waals surface area contributed by atoms with E-state index >= 15 is 0 Å². The Bertz CT molecular complexity index is 486. The predicted molar refractivity (Wildman–Crippen MR) is 80.0 cm³/mol. The number of anilines is 1. The van der Waals surface area contributed by atoms with Gasteiger partial charge in [-0.1, -0.05) is 13.8 Å². The van der Waals surface area contributed by atoms with Crippen molar-refractivity contribution in [3.05, 3.63) is 29.8 Å². The zero-order valence-electron chi connectivity index (χ0n) is 12.3. The van der Waals surface area contributed by atoms with Gasteiger partial charge in [0.05, 0.1) is 0 Å². The minimum absolute atomic E-state index is 0.0292. The zero-order valence-corrected chi connectivity index (χ0v) is 12.3. The quantitative estimate of drug-likeness (QED) is 0.840. The van der Waals surface area contributed by atoms with Crippen LogP contribution >= 0.6 is 0 Å². The first-order chi connectivity index (χ1) is 9.45. The lowest BCUT2D eigenvalue weighted by molar-refractivity contribution is 0.101. The van der Waals surface area contributed by atoms with E-state index in [1.54, 1.807) is 24.3 Å². The number of nitrogens with one attached hydrogen (secondary N) is 1. The van der Waals surface area contributed by atoms with Crippen molar-refractivity contribution < 1.29 is 9.59 Å². The Morgan fingerprint density at radius 2 is 1.65 bits per heavy atom. The number of ketones is 1. The first-order valence-corrected chi connectivity index (χ1v) is 7.12. The zero-order chi connectivity index (χ0) is 14.7. The molecule has 0 aromatic heterocycles. The van der Waals surface area contributed by atoms with Crippen LogP contribution in [0.15, 0.2) is 24.3 Å². The Morgan fingerprint density at radius 1 is 1.10 bits per heavy atom. The number of likely N-dealkylation sites (tertiary alicyclic amines) is 1. The molecule has 0 spiro atoms. The highest BCUT2D eigenvalue weighted by Crippen LogP contribution is 2.21. The van der Waals surface area contributed by atoms with Gasteiger partial charge in [-0.25, -0.2) is 4.79 Å². The average Bonchev–Trinajstić information content (AvgIpc) is 2.38. The van der Waals surface area contributed by atoms with Crippen molar-refractivity contribution in [2.45, 2.75) is 27.2 Å². The van der Waals surface area contributed by atoms with Gasteiger partial charge in [0.15, 0.2) is 5.78 Å². The van der Waals surface area contributed by atoms with Gasteiger partial charge in [-0.2, -0.15) is 0 Å². The fourth-order valence-electron chi connectivity index (χ4n) is 2.82. The summed E-state index contributed by atoms with van der Waals surface area (Å²) in [6.45, 7) is 7.50. The van der Waals surface area contributed by atoms with Gasteiger partial charge >= 0.3 is 6.03 Å². The van der Waals surface area contributed by atoms with Crippen LogP contribution < -0.4 is 5.32 Å². The summed E-state index contributed by atoms with van der Waals surface area (Å²) in [5.74, 6) is 1.12. The van der Waals surface area contributed by atoms with Crippen LogP contribution in [-0.2, 0) is 0 Å². The topological polar surface area (TPSA) is 49.4 Å². The molecule has 1 aromatic carbocycles. The van der Waals surface area contributed by atoms with Gasteiger partial charge in [0.1, 0.15) is 0 Å². The van der Waals surface area contributed by atoms with Gasteiger partial charge in [0.25, 0.3) is 0 Å². The number of urea groups is 1. The van der Waals surface area contributed by atoms with E-state index < -0.39 is 0 Å². The number of nitrogens with zero attached hydrogens (tertiary/aromatic N) is 1. The van der Waals surface area contributed by atoms with Crippen molar-refractivity contribution in [1.29, 1.82) is 0 Å². The molecular weight excluding hydrogens is 252 g/mol. The number of amides is 2. The van der Waals surface area contributed by atoms with Gasteiger partial charge in [0, 0.05) is 24.3 Å². The lowest BCUT2D eigenvalue weighted by Crippen LogP contribution is -2.44. The monoisotopic (exact) mass is 274 g/mol. The molecule has 1 N–H and O–H groups in total. The standard InChI is InChI=1S/C16H22N2O2/c1-11-8-12(2)10-18(9-11)16(20)17-15-6-4-14(5-7-15)13(3)19/h4-7,11-12H,8-10H2,1-3H3,(H,17,20). The molecule has 2 unspecified atom stereocenters. The molecule has 2 amide bonds. The summed E-state index contributed by atoms with van der Waals surface area (Å²) in [6, 6.07) is 6.95. The summed E-state index contributed by atoms with van der Waals surface area (Å²) in [7, 11) is 0. The van der Waals surface area contributed by atoms with Crippen LogP contribution in [0, 0.1) is 11.8 Å². The largest absolute Gasteiger partial charge is 0.324 e. The van der Waals surface area contributed by atoms with Crippen molar-refractivity contribution in [3.63, 3.8) is 0 Å². The van der Waals surface area contributed by atoms with Crippen LogP contribution in [0.2, 0.25) is 0 Å². The van der Waals surface area contributed by atoms with Gasteiger partial charge in [-0.3, -0.25) is 4.79 Å². The molecule has 20 heavy (non-hydrogen) atoms.